The number of benzene rings is 2. The molecule has 0 aliphatic carbocycles. The zero-order chi connectivity index (χ0) is 21.3. The second-order valence-electron chi connectivity index (χ2n) is 6.98. The first-order valence-electron chi connectivity index (χ1n) is 9.76. The molecule has 2 aromatic carbocycles. The fourth-order valence-corrected chi connectivity index (χ4v) is 3.93. The first-order valence-corrected chi connectivity index (χ1v) is 9.76. The summed E-state index contributed by atoms with van der Waals surface area (Å²) in [5.41, 5.74) is 1.91. The van der Waals surface area contributed by atoms with Crippen LogP contribution in [0.25, 0.3) is 11.0 Å². The van der Waals surface area contributed by atoms with Gasteiger partial charge in [-0.1, -0.05) is 24.3 Å². The minimum Gasteiger partial charge on any atom is -0.465 e. The normalized spacial score (nSPS) is 18.5. The van der Waals surface area contributed by atoms with Gasteiger partial charge in [0.2, 0.25) is 11.9 Å². The van der Waals surface area contributed by atoms with Gasteiger partial charge >= 0.3 is 5.97 Å². The van der Waals surface area contributed by atoms with Crippen molar-refractivity contribution in [3.63, 3.8) is 0 Å². The molecule has 30 heavy (non-hydrogen) atoms. The third kappa shape index (κ3) is 3.33. The Kier molecular flexibility index (Phi) is 5.50. The molecule has 1 aliphatic rings. The summed E-state index contributed by atoms with van der Waals surface area (Å²) in [6.07, 6.45) is 0. The van der Waals surface area contributed by atoms with Gasteiger partial charge in [-0.3, -0.25) is 14.5 Å². The molecule has 1 amide bonds. The molecule has 0 unspecified atom stereocenters. The van der Waals surface area contributed by atoms with E-state index in [0.717, 1.165) is 5.52 Å². The van der Waals surface area contributed by atoms with Gasteiger partial charge in [-0.2, -0.15) is 0 Å². The maximum atomic E-state index is 14.1. The monoisotopic (exact) mass is 411 g/mol. The van der Waals surface area contributed by atoms with Gasteiger partial charge < -0.3 is 14.0 Å². The molecule has 0 radical (unpaired) electrons. The van der Waals surface area contributed by atoms with Crippen molar-refractivity contribution in [1.82, 2.24) is 9.55 Å². The Morgan fingerprint density at radius 3 is 2.73 bits per heavy atom. The number of hydrogen-bond donors (Lipinski definition) is 0. The molecule has 2 atom stereocenters. The smallest absolute Gasteiger partial charge is 0.321 e. The third-order valence-corrected chi connectivity index (χ3v) is 5.19. The molecule has 0 spiro atoms. The number of imidazole rings is 1. The molecule has 0 fully saturated rings. The Morgan fingerprint density at radius 2 is 2.00 bits per heavy atom. The summed E-state index contributed by atoms with van der Waals surface area (Å²) in [5.74, 6) is -2.32. The van der Waals surface area contributed by atoms with E-state index >= 15 is 0 Å². The van der Waals surface area contributed by atoms with Crippen molar-refractivity contribution in [1.29, 1.82) is 0 Å². The Balaban J connectivity index is 1.98. The number of halogens is 1. The van der Waals surface area contributed by atoms with Crippen molar-refractivity contribution in [3.05, 3.63) is 59.9 Å². The van der Waals surface area contributed by atoms with E-state index in [9.17, 15) is 14.0 Å². The lowest BCUT2D eigenvalue weighted by atomic mass is 9.89. The second-order valence-corrected chi connectivity index (χ2v) is 6.98. The lowest BCUT2D eigenvalue weighted by molar-refractivity contribution is -0.153. The average molecular weight is 411 g/mol. The molecule has 0 saturated carbocycles. The molecule has 0 bridgehead atoms. The van der Waals surface area contributed by atoms with Crippen LogP contribution in [0, 0.1) is 11.7 Å². The summed E-state index contributed by atoms with van der Waals surface area (Å²) in [7, 11) is 1.54. The Bertz CT molecular complexity index is 1100. The maximum Gasteiger partial charge on any atom is 0.321 e. The fraction of sp³-hybridized carbons (Fsp3) is 0.318. The highest BCUT2D eigenvalue weighted by atomic mass is 19.1. The van der Waals surface area contributed by atoms with Crippen molar-refractivity contribution in [2.75, 3.05) is 31.8 Å². The van der Waals surface area contributed by atoms with Crippen LogP contribution in [0.2, 0.25) is 0 Å². The molecule has 0 N–H and O–H groups in total. The van der Waals surface area contributed by atoms with E-state index in [1.807, 2.05) is 28.8 Å². The number of nitrogens with zero attached hydrogens (tertiary/aromatic N) is 3. The summed E-state index contributed by atoms with van der Waals surface area (Å²) in [6, 6.07) is 12.6. The van der Waals surface area contributed by atoms with Crippen molar-refractivity contribution in [2.24, 2.45) is 5.92 Å². The maximum absolute atomic E-state index is 14.1. The molecule has 1 aliphatic heterocycles. The average Bonchev–Trinajstić information content (AvgIpc) is 3.11. The van der Waals surface area contributed by atoms with Gasteiger partial charge in [-0.05, 0) is 36.8 Å². The quantitative estimate of drug-likeness (QED) is 0.461. The molecule has 8 heteroatoms. The minimum atomic E-state index is -1.17. The van der Waals surface area contributed by atoms with Crippen molar-refractivity contribution < 1.29 is 23.5 Å². The minimum absolute atomic E-state index is 0.133. The van der Waals surface area contributed by atoms with Gasteiger partial charge in [0.1, 0.15) is 5.82 Å². The number of carbonyl (C=O) groups excluding carboxylic acids is 2. The number of aromatic nitrogens is 2. The fourth-order valence-electron chi connectivity index (χ4n) is 3.93. The Morgan fingerprint density at radius 1 is 1.20 bits per heavy atom. The third-order valence-electron chi connectivity index (χ3n) is 5.19. The molecule has 156 valence electrons. The van der Waals surface area contributed by atoms with E-state index in [-0.39, 0.29) is 19.8 Å². The van der Waals surface area contributed by atoms with Crippen LogP contribution in [0.4, 0.5) is 10.3 Å². The summed E-state index contributed by atoms with van der Waals surface area (Å²) in [4.78, 5) is 32.5. The number of fused-ring (bicyclic) bond motifs is 3. The molecule has 4 rings (SSSR count). The summed E-state index contributed by atoms with van der Waals surface area (Å²) in [6.45, 7) is 2.32. The number of carbonyl (C=O) groups is 2. The number of hydrogen-bond acceptors (Lipinski definition) is 5. The molecule has 3 aromatic rings. The first kappa shape index (κ1) is 20.0. The first-order chi connectivity index (χ1) is 14.6. The largest absolute Gasteiger partial charge is 0.465 e. The van der Waals surface area contributed by atoms with Gasteiger partial charge in [0.05, 0.1) is 36.8 Å². The van der Waals surface area contributed by atoms with Crippen molar-refractivity contribution >= 4 is 28.9 Å². The lowest BCUT2D eigenvalue weighted by Crippen LogP contribution is -2.51. The van der Waals surface area contributed by atoms with Crippen LogP contribution in [0.3, 0.4) is 0 Å². The molecule has 7 nitrogen and oxygen atoms in total. The van der Waals surface area contributed by atoms with E-state index in [0.29, 0.717) is 17.0 Å². The highest BCUT2D eigenvalue weighted by Crippen LogP contribution is 2.41. The summed E-state index contributed by atoms with van der Waals surface area (Å²) >= 11 is 0. The standard InChI is InChI=1S/C22H22FN3O4/c1-3-30-21(28)18-19(14-7-6-8-15(23)13-14)26-17-10-5-4-9-16(17)24-22(26)25(20(18)27)11-12-29-2/h4-10,13,18-19H,3,11-12H2,1-2H3/t18-,19-/m0/s1. The van der Waals surface area contributed by atoms with Gasteiger partial charge in [0.15, 0.2) is 5.92 Å². The number of amides is 1. The van der Waals surface area contributed by atoms with Crippen LogP contribution in [0.5, 0.6) is 0 Å². The van der Waals surface area contributed by atoms with E-state index in [1.165, 1.54) is 24.1 Å². The van der Waals surface area contributed by atoms with Gasteiger partial charge in [0, 0.05) is 7.11 Å². The van der Waals surface area contributed by atoms with Crippen LogP contribution in [0.1, 0.15) is 18.5 Å². The SMILES string of the molecule is CCOC(=O)[C@@H]1C(=O)N(CCOC)c2nc3ccccc3n2[C@H]1c1cccc(F)c1. The van der Waals surface area contributed by atoms with Crippen LogP contribution in [-0.4, -0.2) is 48.3 Å². The predicted octanol–water partition coefficient (Wildman–Crippen LogP) is 2.94. The highest BCUT2D eigenvalue weighted by Gasteiger charge is 2.47. The number of para-hydroxylation sites is 2. The summed E-state index contributed by atoms with van der Waals surface area (Å²) < 4.78 is 26.3. The number of esters is 1. The van der Waals surface area contributed by atoms with E-state index < -0.39 is 29.7 Å². The zero-order valence-electron chi connectivity index (χ0n) is 16.7. The molecule has 1 aromatic heterocycles. The number of anilines is 1. The lowest BCUT2D eigenvalue weighted by Gasteiger charge is -2.37. The van der Waals surface area contributed by atoms with E-state index in [2.05, 4.69) is 4.98 Å². The van der Waals surface area contributed by atoms with Crippen molar-refractivity contribution in [2.45, 2.75) is 13.0 Å². The molecule has 2 heterocycles. The van der Waals surface area contributed by atoms with E-state index in [4.69, 9.17) is 9.47 Å². The molecule has 0 saturated heterocycles. The van der Waals surface area contributed by atoms with Crippen molar-refractivity contribution in [3.8, 4) is 0 Å². The van der Waals surface area contributed by atoms with Crippen LogP contribution < -0.4 is 4.90 Å². The van der Waals surface area contributed by atoms with Crippen LogP contribution in [-0.2, 0) is 19.1 Å². The number of ether oxygens (including phenoxy) is 2. The van der Waals surface area contributed by atoms with Crippen LogP contribution >= 0.6 is 0 Å². The number of methoxy groups -OCH3 is 1. The highest BCUT2D eigenvalue weighted by molar-refractivity contribution is 6.08. The second kappa shape index (κ2) is 8.23. The van der Waals surface area contributed by atoms with E-state index in [1.54, 1.807) is 19.1 Å². The predicted molar refractivity (Wildman–Crippen MR) is 109 cm³/mol. The van der Waals surface area contributed by atoms with Gasteiger partial charge in [0.25, 0.3) is 0 Å². The molecular formula is C22H22FN3O4. The topological polar surface area (TPSA) is 73.7 Å². The van der Waals surface area contributed by atoms with Gasteiger partial charge in [-0.15, -0.1) is 0 Å². The number of rotatable bonds is 6. The summed E-state index contributed by atoms with van der Waals surface area (Å²) in [5, 5.41) is 0. The Hall–Kier alpha value is -3.26. The Labute approximate surface area is 173 Å². The van der Waals surface area contributed by atoms with Crippen LogP contribution in [0.15, 0.2) is 48.5 Å². The zero-order valence-corrected chi connectivity index (χ0v) is 16.7. The molecular weight excluding hydrogens is 389 g/mol. The van der Waals surface area contributed by atoms with Gasteiger partial charge in [-0.25, -0.2) is 9.37 Å².